The number of nitrogens with zero attached hydrogens (tertiary/aromatic N) is 1. The molecule has 0 saturated carbocycles. The summed E-state index contributed by atoms with van der Waals surface area (Å²) < 4.78 is 25.0. The molecule has 0 fully saturated rings. The molecule has 0 radical (unpaired) electrons. The molecule has 1 aromatic rings. The maximum atomic E-state index is 12.3. The summed E-state index contributed by atoms with van der Waals surface area (Å²) in [5.74, 6) is -0.811. The molecule has 0 spiro atoms. The van der Waals surface area contributed by atoms with Crippen molar-refractivity contribution in [3.63, 3.8) is 0 Å². The molecule has 0 bridgehead atoms. The fraction of sp³-hybridized carbons (Fsp3) is 0.364. The normalized spacial score (nSPS) is 10.7. The number of phenolic OH excluding ortho intramolecular Hbond substituents is 1. The second-order valence-corrected chi connectivity index (χ2v) is 4.39. The van der Waals surface area contributed by atoms with Gasteiger partial charge in [0.25, 0.3) is 12.3 Å². The van der Waals surface area contributed by atoms with E-state index in [4.69, 9.17) is 5.11 Å². The quantitative estimate of drug-likeness (QED) is 0.869. The average Bonchev–Trinajstić information content (AvgIpc) is 2.31. The number of rotatable bonds is 5. The third-order valence-corrected chi connectivity index (χ3v) is 2.88. The van der Waals surface area contributed by atoms with Gasteiger partial charge >= 0.3 is 0 Å². The van der Waals surface area contributed by atoms with Crippen molar-refractivity contribution in [3.05, 3.63) is 28.2 Å². The van der Waals surface area contributed by atoms with Crippen LogP contribution in [0.15, 0.2) is 22.7 Å². The average molecular weight is 324 g/mol. The fourth-order valence-electron chi connectivity index (χ4n) is 1.39. The Morgan fingerprint density at radius 2 is 2.11 bits per heavy atom. The van der Waals surface area contributed by atoms with Crippen LogP contribution in [0.25, 0.3) is 0 Å². The first kappa shape index (κ1) is 14.8. The summed E-state index contributed by atoms with van der Waals surface area (Å²) in [5.41, 5.74) is 0.0878. The minimum Gasteiger partial charge on any atom is -0.507 e. The first-order valence-electron chi connectivity index (χ1n) is 5.12. The summed E-state index contributed by atoms with van der Waals surface area (Å²) in [6, 6.07) is 4.03. The van der Waals surface area contributed by atoms with Crippen LogP contribution in [0.1, 0.15) is 10.4 Å². The molecule has 2 N–H and O–H groups in total. The lowest BCUT2D eigenvalue weighted by molar-refractivity contribution is 0.0509. The molecule has 100 valence electrons. The van der Waals surface area contributed by atoms with Crippen LogP contribution < -0.4 is 0 Å². The number of hydrogen-bond donors (Lipinski definition) is 2. The van der Waals surface area contributed by atoms with E-state index in [-0.39, 0.29) is 17.9 Å². The Morgan fingerprint density at radius 3 is 2.61 bits per heavy atom. The number of phenols is 1. The van der Waals surface area contributed by atoms with Crippen LogP contribution in [-0.2, 0) is 0 Å². The smallest absolute Gasteiger partial charge is 0.255 e. The van der Waals surface area contributed by atoms with E-state index < -0.39 is 25.5 Å². The molecule has 0 aliphatic carbocycles. The Morgan fingerprint density at radius 1 is 1.44 bits per heavy atom. The van der Waals surface area contributed by atoms with Crippen molar-refractivity contribution >= 4 is 21.8 Å². The summed E-state index contributed by atoms with van der Waals surface area (Å²) in [5, 5.41) is 18.2. The lowest BCUT2D eigenvalue weighted by atomic mass is 10.2. The molecular formula is C11H12BrF2NO3. The second-order valence-electron chi connectivity index (χ2n) is 3.53. The van der Waals surface area contributed by atoms with E-state index in [0.29, 0.717) is 4.47 Å². The number of carbonyl (C=O) groups is 1. The highest BCUT2D eigenvalue weighted by molar-refractivity contribution is 9.10. The van der Waals surface area contributed by atoms with Gasteiger partial charge in [0.1, 0.15) is 5.75 Å². The number of aliphatic hydroxyl groups is 1. The first-order valence-corrected chi connectivity index (χ1v) is 5.91. The van der Waals surface area contributed by atoms with E-state index >= 15 is 0 Å². The van der Waals surface area contributed by atoms with Gasteiger partial charge < -0.3 is 15.1 Å². The van der Waals surface area contributed by atoms with Crippen LogP contribution in [-0.4, -0.2) is 47.1 Å². The molecule has 0 aliphatic heterocycles. The number of benzene rings is 1. The van der Waals surface area contributed by atoms with Crippen molar-refractivity contribution < 1.29 is 23.8 Å². The number of halogens is 3. The largest absolute Gasteiger partial charge is 0.507 e. The summed E-state index contributed by atoms with van der Waals surface area (Å²) >= 11 is 3.05. The lowest BCUT2D eigenvalue weighted by Gasteiger charge is -2.21. The Balaban J connectivity index is 2.90. The summed E-state index contributed by atoms with van der Waals surface area (Å²) in [6.45, 7) is -1.34. The highest BCUT2D eigenvalue weighted by Crippen LogP contribution is 2.25. The van der Waals surface area contributed by atoms with Gasteiger partial charge in [0.2, 0.25) is 0 Å². The molecule has 1 aromatic carbocycles. The van der Waals surface area contributed by atoms with E-state index in [1.807, 2.05) is 0 Å². The van der Waals surface area contributed by atoms with Crippen molar-refractivity contribution in [2.75, 3.05) is 19.7 Å². The predicted octanol–water partition coefficient (Wildman–Crippen LogP) is 1.85. The summed E-state index contributed by atoms with van der Waals surface area (Å²) in [7, 11) is 0. The molecule has 1 rings (SSSR count). The van der Waals surface area contributed by atoms with Gasteiger partial charge in [0.05, 0.1) is 17.6 Å². The highest BCUT2D eigenvalue weighted by Gasteiger charge is 2.19. The van der Waals surface area contributed by atoms with Crippen LogP contribution in [0.3, 0.4) is 0 Å². The van der Waals surface area contributed by atoms with E-state index in [9.17, 15) is 18.7 Å². The molecular weight excluding hydrogens is 312 g/mol. The van der Waals surface area contributed by atoms with Gasteiger partial charge in [0, 0.05) is 12.1 Å². The zero-order valence-corrected chi connectivity index (χ0v) is 10.9. The number of alkyl halides is 2. The molecule has 0 aromatic heterocycles. The maximum Gasteiger partial charge on any atom is 0.255 e. The van der Waals surface area contributed by atoms with E-state index in [1.54, 1.807) is 0 Å². The van der Waals surface area contributed by atoms with Gasteiger partial charge in [-0.1, -0.05) is 0 Å². The monoisotopic (exact) mass is 323 g/mol. The zero-order valence-electron chi connectivity index (χ0n) is 9.31. The Kier molecular flexibility index (Phi) is 5.49. The van der Waals surface area contributed by atoms with Crippen molar-refractivity contribution in [1.82, 2.24) is 4.90 Å². The minimum atomic E-state index is -2.68. The molecule has 1 amide bonds. The molecule has 0 unspecified atom stereocenters. The zero-order chi connectivity index (χ0) is 13.7. The molecule has 4 nitrogen and oxygen atoms in total. The van der Waals surface area contributed by atoms with Crippen molar-refractivity contribution in [2.24, 2.45) is 0 Å². The van der Waals surface area contributed by atoms with E-state index in [1.165, 1.54) is 18.2 Å². The minimum absolute atomic E-state index is 0.0878. The van der Waals surface area contributed by atoms with Crippen molar-refractivity contribution in [1.29, 1.82) is 0 Å². The molecule has 7 heteroatoms. The van der Waals surface area contributed by atoms with Crippen molar-refractivity contribution in [2.45, 2.75) is 6.43 Å². The van der Waals surface area contributed by atoms with Crippen LogP contribution in [0.2, 0.25) is 0 Å². The summed E-state index contributed by atoms with van der Waals surface area (Å²) in [4.78, 5) is 12.7. The number of carbonyl (C=O) groups excluding carboxylic acids is 1. The van der Waals surface area contributed by atoms with Crippen LogP contribution in [0.5, 0.6) is 5.75 Å². The van der Waals surface area contributed by atoms with E-state index in [0.717, 1.165) is 4.90 Å². The van der Waals surface area contributed by atoms with Crippen LogP contribution in [0, 0.1) is 0 Å². The van der Waals surface area contributed by atoms with E-state index in [2.05, 4.69) is 15.9 Å². The van der Waals surface area contributed by atoms with Gasteiger partial charge in [0.15, 0.2) is 0 Å². The molecule has 0 atom stereocenters. The van der Waals surface area contributed by atoms with Crippen molar-refractivity contribution in [3.8, 4) is 5.75 Å². The fourth-order valence-corrected chi connectivity index (χ4v) is 1.64. The van der Waals surface area contributed by atoms with Gasteiger partial charge in [-0.25, -0.2) is 8.78 Å². The first-order chi connectivity index (χ1) is 8.45. The van der Waals surface area contributed by atoms with Gasteiger partial charge in [-0.3, -0.25) is 4.79 Å². The highest BCUT2D eigenvalue weighted by atomic mass is 79.9. The lowest BCUT2D eigenvalue weighted by Crippen LogP contribution is -2.37. The van der Waals surface area contributed by atoms with Gasteiger partial charge in [-0.2, -0.15) is 0 Å². The maximum absolute atomic E-state index is 12.3. The number of amides is 1. The topological polar surface area (TPSA) is 60.8 Å². The third kappa shape index (κ3) is 3.92. The summed E-state index contributed by atoms with van der Waals surface area (Å²) in [6.07, 6.45) is -2.68. The molecule has 0 heterocycles. The number of aliphatic hydroxyl groups excluding tert-OH is 1. The van der Waals surface area contributed by atoms with Gasteiger partial charge in [-0.15, -0.1) is 0 Å². The third-order valence-electron chi connectivity index (χ3n) is 2.21. The Hall–Kier alpha value is -1.21. The second kappa shape index (κ2) is 6.65. The Bertz CT molecular complexity index is 429. The van der Waals surface area contributed by atoms with Gasteiger partial charge in [-0.05, 0) is 34.1 Å². The Labute approximate surface area is 111 Å². The molecule has 18 heavy (non-hydrogen) atoms. The number of aromatic hydroxyl groups is 1. The molecule has 0 aliphatic rings. The molecule has 0 saturated heterocycles. The standard InChI is InChI=1S/C11H12BrF2NO3/c12-8-2-1-7(5-9(8)17)11(18)15(3-4-16)6-10(13)14/h1-2,5,10,16-17H,3-4,6H2. The number of hydrogen-bond acceptors (Lipinski definition) is 3. The SMILES string of the molecule is O=C(c1ccc(Br)c(O)c1)N(CCO)CC(F)F. The predicted molar refractivity (Wildman–Crippen MR) is 64.8 cm³/mol. The van der Waals surface area contributed by atoms with Crippen LogP contribution >= 0.6 is 15.9 Å². The van der Waals surface area contributed by atoms with Crippen LogP contribution in [0.4, 0.5) is 8.78 Å².